The van der Waals surface area contributed by atoms with E-state index in [1.54, 1.807) is 17.9 Å². The molecule has 0 aliphatic heterocycles. The second-order valence-electron chi connectivity index (χ2n) is 4.39. The maximum absolute atomic E-state index is 6.00. The molecule has 3 rings (SSSR count). The molecule has 0 fully saturated rings. The molecule has 0 aliphatic rings. The number of rotatable bonds is 4. The van der Waals surface area contributed by atoms with Crippen molar-refractivity contribution in [1.82, 2.24) is 14.8 Å². The smallest absolute Gasteiger partial charge is 0.226 e. The number of nitrogens with zero attached hydrogens (tertiary/aromatic N) is 3. The van der Waals surface area contributed by atoms with Crippen LogP contribution in [0.4, 0.5) is 0 Å². The van der Waals surface area contributed by atoms with Crippen LogP contribution >= 0.6 is 11.6 Å². The number of aromatic nitrogens is 3. The number of halogens is 1. The molecule has 2 aromatic heterocycles. The molecule has 0 N–H and O–H groups in total. The van der Waals surface area contributed by atoms with Crippen molar-refractivity contribution in [1.29, 1.82) is 0 Å². The van der Waals surface area contributed by atoms with Crippen molar-refractivity contribution in [2.24, 2.45) is 0 Å². The number of hydrogen-bond acceptors (Lipinski definition) is 4. The SMILES string of the molecule is CCOc1nc(Cl)cc2nn(-c3cccc(OC)c3)cc12. The van der Waals surface area contributed by atoms with E-state index in [-0.39, 0.29) is 0 Å². The van der Waals surface area contributed by atoms with Gasteiger partial charge in [0.2, 0.25) is 5.88 Å². The predicted molar refractivity (Wildman–Crippen MR) is 81.6 cm³/mol. The average Bonchev–Trinajstić information content (AvgIpc) is 2.91. The fraction of sp³-hybridized carbons (Fsp3) is 0.200. The van der Waals surface area contributed by atoms with Crippen LogP contribution in [0, 0.1) is 0 Å². The fourth-order valence-electron chi connectivity index (χ4n) is 2.09. The largest absolute Gasteiger partial charge is 0.497 e. The van der Waals surface area contributed by atoms with Gasteiger partial charge >= 0.3 is 0 Å². The number of methoxy groups -OCH3 is 1. The van der Waals surface area contributed by atoms with E-state index < -0.39 is 0 Å². The molecule has 0 saturated carbocycles. The molecule has 1 aromatic carbocycles. The Morgan fingerprint density at radius 2 is 2.14 bits per heavy atom. The van der Waals surface area contributed by atoms with Crippen molar-refractivity contribution in [3.05, 3.63) is 41.7 Å². The number of benzene rings is 1. The predicted octanol–water partition coefficient (Wildman–Crippen LogP) is 3.48. The number of pyridine rings is 1. The van der Waals surface area contributed by atoms with Crippen LogP contribution < -0.4 is 9.47 Å². The van der Waals surface area contributed by atoms with Crippen molar-refractivity contribution < 1.29 is 9.47 Å². The Kier molecular flexibility index (Phi) is 3.66. The molecule has 2 heterocycles. The Bertz CT molecular complexity index is 786. The Hall–Kier alpha value is -2.27. The molecule has 0 saturated heterocycles. The average molecular weight is 304 g/mol. The summed E-state index contributed by atoms with van der Waals surface area (Å²) in [7, 11) is 1.63. The molecule has 0 atom stereocenters. The van der Waals surface area contributed by atoms with E-state index in [0.717, 1.165) is 22.3 Å². The Morgan fingerprint density at radius 1 is 1.29 bits per heavy atom. The van der Waals surface area contributed by atoms with Gasteiger partial charge in [0.1, 0.15) is 16.4 Å². The summed E-state index contributed by atoms with van der Waals surface area (Å²) < 4.78 is 12.5. The third kappa shape index (κ3) is 2.64. The van der Waals surface area contributed by atoms with E-state index in [9.17, 15) is 0 Å². The summed E-state index contributed by atoms with van der Waals surface area (Å²) in [6, 6.07) is 9.37. The summed E-state index contributed by atoms with van der Waals surface area (Å²) in [5.74, 6) is 1.27. The molecule has 3 aromatic rings. The van der Waals surface area contributed by atoms with Crippen LogP contribution in [0.25, 0.3) is 16.6 Å². The minimum Gasteiger partial charge on any atom is -0.497 e. The molecule has 0 amide bonds. The zero-order valence-corrected chi connectivity index (χ0v) is 12.5. The fourth-order valence-corrected chi connectivity index (χ4v) is 2.27. The minimum atomic E-state index is 0.363. The van der Waals surface area contributed by atoms with Crippen LogP contribution in [-0.4, -0.2) is 28.5 Å². The molecule has 21 heavy (non-hydrogen) atoms. The summed E-state index contributed by atoms with van der Waals surface area (Å²) in [5.41, 5.74) is 1.63. The highest BCUT2D eigenvalue weighted by Gasteiger charge is 2.11. The first-order valence-corrected chi connectivity index (χ1v) is 6.92. The number of fused-ring (bicyclic) bond motifs is 1. The first kappa shape index (κ1) is 13.7. The summed E-state index contributed by atoms with van der Waals surface area (Å²) >= 11 is 6.00. The van der Waals surface area contributed by atoms with Crippen LogP contribution in [0.5, 0.6) is 11.6 Å². The lowest BCUT2D eigenvalue weighted by Gasteiger charge is -2.03. The maximum Gasteiger partial charge on any atom is 0.226 e. The Labute approximate surface area is 127 Å². The lowest BCUT2D eigenvalue weighted by Crippen LogP contribution is -1.95. The van der Waals surface area contributed by atoms with Gasteiger partial charge in [0.15, 0.2) is 0 Å². The highest BCUT2D eigenvalue weighted by Crippen LogP contribution is 2.27. The van der Waals surface area contributed by atoms with Gasteiger partial charge in [0.25, 0.3) is 0 Å². The van der Waals surface area contributed by atoms with Crippen molar-refractivity contribution in [3.8, 4) is 17.3 Å². The maximum atomic E-state index is 6.00. The van der Waals surface area contributed by atoms with E-state index in [0.29, 0.717) is 17.6 Å². The molecule has 5 nitrogen and oxygen atoms in total. The molecule has 0 aliphatic carbocycles. The lowest BCUT2D eigenvalue weighted by molar-refractivity contribution is 0.331. The van der Waals surface area contributed by atoms with Crippen LogP contribution in [0.1, 0.15) is 6.92 Å². The van der Waals surface area contributed by atoms with Crippen molar-refractivity contribution in [2.45, 2.75) is 6.92 Å². The van der Waals surface area contributed by atoms with Crippen molar-refractivity contribution in [3.63, 3.8) is 0 Å². The first-order valence-electron chi connectivity index (χ1n) is 6.54. The molecule has 0 unspecified atom stereocenters. The monoisotopic (exact) mass is 303 g/mol. The Morgan fingerprint density at radius 3 is 2.90 bits per heavy atom. The quantitative estimate of drug-likeness (QED) is 0.692. The molecular formula is C15H14ClN3O2. The number of hydrogen-bond donors (Lipinski definition) is 0. The van der Waals surface area contributed by atoms with Crippen molar-refractivity contribution in [2.75, 3.05) is 13.7 Å². The van der Waals surface area contributed by atoms with E-state index in [1.165, 1.54) is 0 Å². The molecular weight excluding hydrogens is 290 g/mol. The Balaban J connectivity index is 2.13. The molecule has 0 spiro atoms. The summed E-state index contributed by atoms with van der Waals surface area (Å²) in [6.07, 6.45) is 1.87. The zero-order valence-electron chi connectivity index (χ0n) is 11.7. The van der Waals surface area contributed by atoms with Gasteiger partial charge in [-0.1, -0.05) is 17.7 Å². The minimum absolute atomic E-state index is 0.363. The third-order valence-corrected chi connectivity index (χ3v) is 3.23. The summed E-state index contributed by atoms with van der Waals surface area (Å²) in [6.45, 7) is 2.42. The first-order chi connectivity index (χ1) is 10.2. The van der Waals surface area contributed by atoms with Gasteiger partial charge in [-0.2, -0.15) is 5.10 Å². The van der Waals surface area contributed by atoms with Gasteiger partial charge in [-0.05, 0) is 19.1 Å². The second kappa shape index (κ2) is 5.61. The van der Waals surface area contributed by atoms with Gasteiger partial charge < -0.3 is 9.47 Å². The van der Waals surface area contributed by atoms with E-state index >= 15 is 0 Å². The molecule has 0 radical (unpaired) electrons. The third-order valence-electron chi connectivity index (χ3n) is 3.04. The zero-order chi connectivity index (χ0) is 14.8. The molecule has 108 valence electrons. The summed E-state index contributed by atoms with van der Waals surface area (Å²) in [5, 5.41) is 5.70. The van der Waals surface area contributed by atoms with Crippen molar-refractivity contribution >= 4 is 22.5 Å². The van der Waals surface area contributed by atoms with Gasteiger partial charge in [-0.25, -0.2) is 9.67 Å². The second-order valence-corrected chi connectivity index (χ2v) is 4.78. The van der Waals surface area contributed by atoms with E-state index in [2.05, 4.69) is 10.1 Å². The highest BCUT2D eigenvalue weighted by molar-refractivity contribution is 6.30. The lowest BCUT2D eigenvalue weighted by atomic mass is 10.3. The standard InChI is InChI=1S/C15H14ClN3O2/c1-3-21-15-12-9-19(18-13(12)8-14(16)17-15)10-5-4-6-11(7-10)20-2/h4-9H,3H2,1-2H3. The van der Waals surface area contributed by atoms with Crippen LogP contribution in [-0.2, 0) is 0 Å². The van der Waals surface area contributed by atoms with Gasteiger partial charge in [-0.3, -0.25) is 0 Å². The summed E-state index contributed by atoms with van der Waals surface area (Å²) in [4.78, 5) is 4.20. The topological polar surface area (TPSA) is 49.2 Å². The van der Waals surface area contributed by atoms with E-state index in [1.807, 2.05) is 37.4 Å². The normalized spacial score (nSPS) is 10.8. The number of ether oxygens (including phenoxy) is 2. The van der Waals surface area contributed by atoms with E-state index in [4.69, 9.17) is 21.1 Å². The van der Waals surface area contributed by atoms with Gasteiger partial charge in [0.05, 0.1) is 24.8 Å². The molecule has 6 heteroatoms. The van der Waals surface area contributed by atoms with Crippen LogP contribution in [0.2, 0.25) is 5.15 Å². The molecule has 0 bridgehead atoms. The van der Waals surface area contributed by atoms with Gasteiger partial charge in [-0.15, -0.1) is 0 Å². The van der Waals surface area contributed by atoms with Crippen LogP contribution in [0.3, 0.4) is 0 Å². The highest BCUT2D eigenvalue weighted by atomic mass is 35.5. The van der Waals surface area contributed by atoms with Gasteiger partial charge in [0, 0.05) is 18.3 Å². The van der Waals surface area contributed by atoms with Crippen LogP contribution in [0.15, 0.2) is 36.5 Å².